The molecule has 3 N–H and O–H groups in total. The number of carboxylic acid groups (broad SMARTS) is 1. The van der Waals surface area contributed by atoms with Crippen LogP contribution in [0.3, 0.4) is 0 Å². The van der Waals surface area contributed by atoms with Crippen LogP contribution in [-0.2, 0) is 4.79 Å². The zero-order valence-electron chi connectivity index (χ0n) is 14.7. The number of rotatable bonds is 14. The van der Waals surface area contributed by atoms with E-state index < -0.39 is 18.2 Å². The molecule has 0 heterocycles. The molecule has 0 rings (SSSR count). The van der Waals surface area contributed by atoms with Gasteiger partial charge < -0.3 is 15.3 Å². The summed E-state index contributed by atoms with van der Waals surface area (Å²) in [6.45, 7) is 2.11. The van der Waals surface area contributed by atoms with Gasteiger partial charge in [-0.25, -0.2) is 0 Å². The molecule has 136 valence electrons. The number of unbranched alkanes of at least 4 members (excludes halogenated alkanes) is 3. The second kappa shape index (κ2) is 16.2. The summed E-state index contributed by atoms with van der Waals surface area (Å²) in [6, 6.07) is 0. The first-order valence-electron chi connectivity index (χ1n) is 8.80. The van der Waals surface area contributed by atoms with Gasteiger partial charge in [0.1, 0.15) is 0 Å². The summed E-state index contributed by atoms with van der Waals surface area (Å²) in [5, 5.41) is 28.0. The highest BCUT2D eigenvalue weighted by Crippen LogP contribution is 2.07. The number of hydrogen-bond donors (Lipinski definition) is 3. The van der Waals surface area contributed by atoms with Crippen molar-refractivity contribution in [2.24, 2.45) is 0 Å². The SMILES string of the molecule is CCCCC[C@H](O)[C@@H](O)C=CC=CC=CCC=CCCCC(=O)O. The van der Waals surface area contributed by atoms with Crippen molar-refractivity contribution in [1.82, 2.24) is 0 Å². The lowest BCUT2D eigenvalue weighted by Crippen LogP contribution is -2.23. The first kappa shape index (κ1) is 22.4. The van der Waals surface area contributed by atoms with E-state index in [0.717, 1.165) is 32.1 Å². The van der Waals surface area contributed by atoms with E-state index in [0.29, 0.717) is 12.8 Å². The summed E-state index contributed by atoms with van der Waals surface area (Å²) >= 11 is 0. The van der Waals surface area contributed by atoms with Crippen LogP contribution in [0.2, 0.25) is 0 Å². The van der Waals surface area contributed by atoms with Gasteiger partial charge in [-0.1, -0.05) is 74.8 Å². The fourth-order valence-electron chi connectivity index (χ4n) is 2.03. The van der Waals surface area contributed by atoms with E-state index in [4.69, 9.17) is 5.11 Å². The van der Waals surface area contributed by atoms with Crippen molar-refractivity contribution in [3.8, 4) is 0 Å². The molecular formula is C20H32O4. The summed E-state index contributed by atoms with van der Waals surface area (Å²) in [7, 11) is 0. The number of carbonyl (C=O) groups is 1. The molecule has 0 spiro atoms. The predicted molar refractivity (Wildman–Crippen MR) is 98.8 cm³/mol. The highest BCUT2D eigenvalue weighted by atomic mass is 16.4. The van der Waals surface area contributed by atoms with Crippen molar-refractivity contribution in [1.29, 1.82) is 0 Å². The lowest BCUT2D eigenvalue weighted by atomic mass is 10.1. The number of aliphatic hydroxyl groups is 2. The monoisotopic (exact) mass is 336 g/mol. The minimum atomic E-state index is -0.816. The lowest BCUT2D eigenvalue weighted by Gasteiger charge is -2.13. The van der Waals surface area contributed by atoms with E-state index in [1.807, 2.05) is 36.5 Å². The van der Waals surface area contributed by atoms with Crippen molar-refractivity contribution in [2.75, 3.05) is 0 Å². The number of allylic oxidation sites excluding steroid dienone is 7. The zero-order valence-corrected chi connectivity index (χ0v) is 14.7. The van der Waals surface area contributed by atoms with E-state index in [2.05, 4.69) is 6.92 Å². The van der Waals surface area contributed by atoms with Crippen LogP contribution >= 0.6 is 0 Å². The average molecular weight is 336 g/mol. The Labute approximate surface area is 145 Å². The second-order valence-electron chi connectivity index (χ2n) is 5.74. The molecule has 0 aliphatic rings. The molecule has 0 fully saturated rings. The van der Waals surface area contributed by atoms with E-state index >= 15 is 0 Å². The maximum atomic E-state index is 10.3. The maximum absolute atomic E-state index is 10.3. The number of carboxylic acids is 1. The van der Waals surface area contributed by atoms with Crippen LogP contribution in [0, 0.1) is 0 Å². The molecule has 0 aromatic heterocycles. The zero-order chi connectivity index (χ0) is 18.0. The predicted octanol–water partition coefficient (Wildman–Crippen LogP) is 4.16. The van der Waals surface area contributed by atoms with Gasteiger partial charge in [0.05, 0.1) is 12.2 Å². The molecule has 0 radical (unpaired) electrons. The highest BCUT2D eigenvalue weighted by Gasteiger charge is 2.11. The van der Waals surface area contributed by atoms with E-state index in [1.165, 1.54) is 0 Å². The van der Waals surface area contributed by atoms with Crippen molar-refractivity contribution >= 4 is 5.97 Å². The molecule has 0 amide bonds. The lowest BCUT2D eigenvalue weighted by molar-refractivity contribution is -0.137. The number of hydrogen-bond acceptors (Lipinski definition) is 3. The molecule has 0 bridgehead atoms. The molecule has 0 aliphatic carbocycles. The number of aliphatic carboxylic acids is 1. The van der Waals surface area contributed by atoms with Gasteiger partial charge in [0.25, 0.3) is 0 Å². The minimum Gasteiger partial charge on any atom is -0.481 e. The van der Waals surface area contributed by atoms with Gasteiger partial charge in [-0.05, 0) is 25.7 Å². The summed E-state index contributed by atoms with van der Waals surface area (Å²) in [6.07, 6.45) is 19.6. The molecule has 2 atom stereocenters. The molecule has 0 saturated carbocycles. The van der Waals surface area contributed by atoms with E-state index in [9.17, 15) is 15.0 Å². The Kier molecular flexibility index (Phi) is 15.1. The molecule has 0 aliphatic heterocycles. The molecule has 0 aromatic carbocycles. The third-order valence-corrected chi connectivity index (χ3v) is 3.48. The smallest absolute Gasteiger partial charge is 0.303 e. The Hall–Kier alpha value is -1.65. The van der Waals surface area contributed by atoms with Crippen LogP contribution in [0.5, 0.6) is 0 Å². The van der Waals surface area contributed by atoms with Crippen LogP contribution in [-0.4, -0.2) is 33.5 Å². The fraction of sp³-hybridized carbons (Fsp3) is 0.550. The van der Waals surface area contributed by atoms with Gasteiger partial charge in [-0.2, -0.15) is 0 Å². The van der Waals surface area contributed by atoms with Gasteiger partial charge >= 0.3 is 5.97 Å². The van der Waals surface area contributed by atoms with Crippen LogP contribution < -0.4 is 0 Å². The first-order chi connectivity index (χ1) is 11.6. The van der Waals surface area contributed by atoms with Crippen LogP contribution in [0.4, 0.5) is 0 Å². The largest absolute Gasteiger partial charge is 0.481 e. The standard InChI is InChI=1S/C20H32O4/c1-2-3-12-15-18(21)19(22)16-13-10-8-6-4-5-7-9-11-14-17-20(23)24/h4,6-10,13,16,18-19,21-22H,2-3,5,11-12,14-15,17H2,1H3,(H,23,24)/t18-,19-/m0/s1. The van der Waals surface area contributed by atoms with Gasteiger partial charge in [-0.15, -0.1) is 0 Å². The topological polar surface area (TPSA) is 77.8 Å². The quantitative estimate of drug-likeness (QED) is 0.253. The van der Waals surface area contributed by atoms with Crippen LogP contribution in [0.1, 0.15) is 58.3 Å². The van der Waals surface area contributed by atoms with Crippen molar-refractivity contribution < 1.29 is 20.1 Å². The van der Waals surface area contributed by atoms with Crippen LogP contribution in [0.25, 0.3) is 0 Å². The summed E-state index contributed by atoms with van der Waals surface area (Å²) in [4.78, 5) is 10.3. The van der Waals surface area contributed by atoms with E-state index in [1.54, 1.807) is 12.2 Å². The van der Waals surface area contributed by atoms with Gasteiger partial charge in [0.2, 0.25) is 0 Å². The Morgan fingerprint density at radius 1 is 0.958 bits per heavy atom. The Bertz CT molecular complexity index is 421. The molecule has 4 nitrogen and oxygen atoms in total. The molecule has 0 saturated heterocycles. The maximum Gasteiger partial charge on any atom is 0.303 e. The molecule has 24 heavy (non-hydrogen) atoms. The Balaban J connectivity index is 3.78. The summed E-state index contributed by atoms with van der Waals surface area (Å²) < 4.78 is 0. The third kappa shape index (κ3) is 15.3. The second-order valence-corrected chi connectivity index (χ2v) is 5.74. The van der Waals surface area contributed by atoms with Crippen molar-refractivity contribution in [3.05, 3.63) is 48.6 Å². The van der Waals surface area contributed by atoms with Gasteiger partial charge in [0, 0.05) is 6.42 Å². The van der Waals surface area contributed by atoms with E-state index in [-0.39, 0.29) is 6.42 Å². The average Bonchev–Trinajstić information content (AvgIpc) is 2.55. The molecule has 4 heteroatoms. The van der Waals surface area contributed by atoms with Crippen molar-refractivity contribution in [3.63, 3.8) is 0 Å². The third-order valence-electron chi connectivity index (χ3n) is 3.48. The Morgan fingerprint density at radius 2 is 1.71 bits per heavy atom. The first-order valence-corrected chi connectivity index (χ1v) is 8.80. The summed E-state index contributed by atoms with van der Waals surface area (Å²) in [5.74, 6) is -0.750. The summed E-state index contributed by atoms with van der Waals surface area (Å²) in [5.41, 5.74) is 0. The molecule has 0 unspecified atom stereocenters. The Morgan fingerprint density at radius 3 is 2.42 bits per heavy atom. The highest BCUT2D eigenvalue weighted by molar-refractivity contribution is 5.66. The van der Waals surface area contributed by atoms with Crippen LogP contribution in [0.15, 0.2) is 48.6 Å². The van der Waals surface area contributed by atoms with Gasteiger partial charge in [-0.3, -0.25) is 4.79 Å². The molecule has 0 aromatic rings. The fourth-order valence-corrected chi connectivity index (χ4v) is 2.03. The molecular weight excluding hydrogens is 304 g/mol. The number of aliphatic hydroxyl groups excluding tert-OH is 2. The van der Waals surface area contributed by atoms with Gasteiger partial charge in [0.15, 0.2) is 0 Å². The minimum absolute atomic E-state index is 0.217. The van der Waals surface area contributed by atoms with Crippen molar-refractivity contribution in [2.45, 2.75) is 70.5 Å². The normalized spacial score (nSPS) is 15.1.